The summed E-state index contributed by atoms with van der Waals surface area (Å²) in [7, 11) is -4.15. The maximum Gasteiger partial charge on any atom is 0.465 e. The number of primary amides is 1. The van der Waals surface area contributed by atoms with Crippen LogP contribution in [0.25, 0.3) is 10.8 Å². The molecule has 3 amide bonds. The lowest BCUT2D eigenvalue weighted by Crippen LogP contribution is -2.51. The summed E-state index contributed by atoms with van der Waals surface area (Å²) < 4.78 is 30.6. The number of nitrogens with two attached hydrogens (primary N) is 2. The van der Waals surface area contributed by atoms with E-state index in [9.17, 15) is 22.8 Å². The second-order valence-electron chi connectivity index (χ2n) is 5.48. The second-order valence-corrected chi connectivity index (χ2v) is 6.90. The van der Waals surface area contributed by atoms with Crippen LogP contribution in [0.15, 0.2) is 41.3 Å². The summed E-state index contributed by atoms with van der Waals surface area (Å²) in [4.78, 5) is 33.7. The number of quaternary nitrogens is 1. The Morgan fingerprint density at radius 2 is 1.70 bits per heavy atom. The molecule has 0 saturated carbocycles. The second kappa shape index (κ2) is 7.28. The highest BCUT2D eigenvalue weighted by atomic mass is 32.2. The molecule has 2 aromatic rings. The number of nitrogens with zero attached hydrogens (tertiary/aromatic N) is 1. The number of carbonyl (C=O) groups excluding carboxylic acids is 3. The van der Waals surface area contributed by atoms with E-state index >= 15 is 0 Å². The molecule has 1 aliphatic rings. The molecule has 27 heavy (non-hydrogen) atoms. The Kier molecular flexibility index (Phi) is 5.46. The van der Waals surface area contributed by atoms with Gasteiger partial charge in [0.1, 0.15) is 4.81 Å². The molecular weight excluding hydrogens is 382 g/mol. The van der Waals surface area contributed by atoms with Crippen molar-refractivity contribution < 1.29 is 42.2 Å². The van der Waals surface area contributed by atoms with Gasteiger partial charge in [-0.2, -0.15) is 13.6 Å². The van der Waals surface area contributed by atoms with Gasteiger partial charge in [0.05, 0.1) is 17.7 Å². The van der Waals surface area contributed by atoms with Gasteiger partial charge in [0.15, 0.2) is 0 Å². The summed E-state index contributed by atoms with van der Waals surface area (Å²) >= 11 is 0. The molecule has 0 atom stereocenters. The molecule has 0 radical (unpaired) electrons. The predicted molar refractivity (Wildman–Crippen MR) is 90.1 cm³/mol. The molecule has 0 aromatic heterocycles. The van der Waals surface area contributed by atoms with E-state index in [4.69, 9.17) is 15.5 Å². The molecule has 6 N–H and O–H groups in total. The van der Waals surface area contributed by atoms with E-state index < -0.39 is 32.8 Å². The Morgan fingerprint density at radius 1 is 1.11 bits per heavy atom. The van der Waals surface area contributed by atoms with Crippen LogP contribution in [0.5, 0.6) is 0 Å². The summed E-state index contributed by atoms with van der Waals surface area (Å²) in [6, 6.07) is 9.49. The summed E-state index contributed by atoms with van der Waals surface area (Å²) in [6.07, 6.45) is -1.67. The number of amides is 3. The van der Waals surface area contributed by atoms with Crippen molar-refractivity contribution >= 4 is 44.5 Å². The first-order valence-electron chi connectivity index (χ1n) is 7.38. The largest absolute Gasteiger partial charge is 0.465 e. The molecule has 0 bridgehead atoms. The number of imide groups is 1. The number of benzene rings is 2. The van der Waals surface area contributed by atoms with Crippen molar-refractivity contribution in [3.8, 4) is 0 Å². The van der Waals surface area contributed by atoms with Crippen LogP contribution in [0.3, 0.4) is 0 Å². The Hall–Kier alpha value is -3.06. The molecule has 1 saturated heterocycles. The number of fused-ring (bicyclic) bond motifs is 1. The Labute approximate surface area is 153 Å². The first-order chi connectivity index (χ1) is 12.4. The molecule has 1 heterocycles. The molecule has 11 nitrogen and oxygen atoms in total. The zero-order valence-corrected chi connectivity index (χ0v) is 14.5. The van der Waals surface area contributed by atoms with Crippen molar-refractivity contribution in [2.24, 2.45) is 5.73 Å². The van der Waals surface area contributed by atoms with Gasteiger partial charge in [-0.15, -0.1) is 0 Å². The molecule has 0 spiro atoms. The number of rotatable bonds is 2. The minimum Gasteiger partial charge on any atom is -0.398 e. The molecule has 2 aromatic carbocycles. The van der Waals surface area contributed by atoms with E-state index in [-0.39, 0.29) is 17.7 Å². The van der Waals surface area contributed by atoms with Crippen LogP contribution in [-0.4, -0.2) is 40.9 Å². The van der Waals surface area contributed by atoms with Gasteiger partial charge in [-0.05, 0) is 23.6 Å². The molecule has 12 heteroatoms. The number of hydrogen-bond acceptors (Lipinski definition) is 8. The molecule has 144 valence electrons. The fourth-order valence-electron chi connectivity index (χ4n) is 2.34. The summed E-state index contributed by atoms with van der Waals surface area (Å²) in [5.41, 5.74) is 10.8. The highest BCUT2D eigenvalue weighted by molar-refractivity contribution is 7.85. The van der Waals surface area contributed by atoms with Gasteiger partial charge in [0.2, 0.25) is 0 Å². The molecular formula is C15H16N3O8S+. The minimum absolute atomic E-state index is 0.124. The van der Waals surface area contributed by atoms with Crippen molar-refractivity contribution in [1.29, 1.82) is 0 Å². The third kappa shape index (κ3) is 4.38. The Balaban J connectivity index is 0.000000199. The van der Waals surface area contributed by atoms with Crippen LogP contribution < -0.4 is 11.5 Å². The van der Waals surface area contributed by atoms with E-state index in [1.165, 1.54) is 12.1 Å². The lowest BCUT2D eigenvalue weighted by atomic mass is 10.1. The average molecular weight is 398 g/mol. The van der Waals surface area contributed by atoms with Gasteiger partial charge in [-0.3, -0.25) is 4.55 Å². The van der Waals surface area contributed by atoms with Gasteiger partial charge >= 0.3 is 17.9 Å². The Morgan fingerprint density at radius 3 is 2.22 bits per heavy atom. The third-order valence-electron chi connectivity index (χ3n) is 3.63. The van der Waals surface area contributed by atoms with Crippen molar-refractivity contribution in [3.05, 3.63) is 36.4 Å². The van der Waals surface area contributed by atoms with Gasteiger partial charge in [0, 0.05) is 11.1 Å². The van der Waals surface area contributed by atoms with Gasteiger partial charge < -0.3 is 11.5 Å². The minimum atomic E-state index is -4.15. The number of anilines is 1. The van der Waals surface area contributed by atoms with Gasteiger partial charge in [-0.25, -0.2) is 19.2 Å². The van der Waals surface area contributed by atoms with E-state index in [1.807, 2.05) is 0 Å². The number of carbonyl (C=O) groups is 3. The SMILES string of the molecule is NC(=O)O[N+]1(O)C(=O)CCC1=O.Nc1cccc2cc(S(=O)(=O)O)ccc12. The molecule has 3 rings (SSSR count). The molecule has 0 aliphatic carbocycles. The first kappa shape index (κ1) is 20.3. The summed E-state index contributed by atoms with van der Waals surface area (Å²) in [5, 5.41) is 10.6. The highest BCUT2D eigenvalue weighted by Gasteiger charge is 2.55. The van der Waals surface area contributed by atoms with Crippen molar-refractivity contribution in [2.75, 3.05) is 5.73 Å². The van der Waals surface area contributed by atoms with Crippen molar-refractivity contribution in [2.45, 2.75) is 17.7 Å². The maximum atomic E-state index is 10.9. The van der Waals surface area contributed by atoms with E-state index in [1.54, 1.807) is 24.3 Å². The quantitative estimate of drug-likeness (QED) is 0.186. The highest BCUT2D eigenvalue weighted by Crippen LogP contribution is 2.23. The molecule has 1 fully saturated rings. The van der Waals surface area contributed by atoms with Gasteiger partial charge in [0.25, 0.3) is 10.1 Å². The van der Waals surface area contributed by atoms with Crippen LogP contribution in [0.2, 0.25) is 0 Å². The van der Waals surface area contributed by atoms with Gasteiger partial charge in [-0.1, -0.05) is 18.2 Å². The lowest BCUT2D eigenvalue weighted by Gasteiger charge is -2.13. The standard InChI is InChI=1S/C10H9NO3S.C5H6N2O5/c11-10-3-1-2-7-6-8(15(12,13)14)4-5-9(7)10;6-5(10)12-7(11)3(8)1-2-4(7)9/h1-6H,11H2,(H,12,13,14);11H,1-2H2,(H-,6,10)/p+1. The molecule has 1 aliphatic heterocycles. The maximum absolute atomic E-state index is 10.9. The van der Waals surface area contributed by atoms with Crippen LogP contribution in [-0.2, 0) is 24.5 Å². The van der Waals surface area contributed by atoms with Crippen molar-refractivity contribution in [3.63, 3.8) is 0 Å². The molecule has 0 unspecified atom stereocenters. The topological polar surface area (TPSA) is 187 Å². The third-order valence-corrected chi connectivity index (χ3v) is 4.48. The number of hydrogen-bond donors (Lipinski definition) is 4. The zero-order valence-electron chi connectivity index (χ0n) is 13.7. The first-order valence-corrected chi connectivity index (χ1v) is 8.82. The fraction of sp³-hybridized carbons (Fsp3) is 0.133. The Bertz CT molecular complexity index is 1020. The zero-order chi connectivity index (χ0) is 20.4. The summed E-state index contributed by atoms with van der Waals surface area (Å²) in [5.74, 6) is -1.78. The van der Waals surface area contributed by atoms with E-state index in [0.29, 0.717) is 11.1 Å². The summed E-state index contributed by atoms with van der Waals surface area (Å²) in [6.45, 7) is 0. The predicted octanol–water partition coefficient (Wildman–Crippen LogP) is 0.718. The van der Waals surface area contributed by atoms with Crippen LogP contribution in [0, 0.1) is 0 Å². The van der Waals surface area contributed by atoms with Crippen LogP contribution in [0.4, 0.5) is 10.5 Å². The number of nitrogen functional groups attached to an aromatic ring is 1. The average Bonchev–Trinajstić information content (AvgIpc) is 2.81. The normalized spacial score (nSPS) is 15.9. The van der Waals surface area contributed by atoms with Crippen LogP contribution in [0.1, 0.15) is 12.8 Å². The monoisotopic (exact) mass is 398 g/mol. The number of hydroxylamine groups is 4. The van der Waals surface area contributed by atoms with E-state index in [2.05, 4.69) is 10.6 Å². The van der Waals surface area contributed by atoms with E-state index in [0.717, 1.165) is 5.39 Å². The van der Waals surface area contributed by atoms with Crippen molar-refractivity contribution in [1.82, 2.24) is 0 Å². The fourth-order valence-corrected chi connectivity index (χ4v) is 2.85. The van der Waals surface area contributed by atoms with Crippen LogP contribution >= 0.6 is 0 Å². The smallest absolute Gasteiger partial charge is 0.398 e. The lowest BCUT2D eigenvalue weighted by molar-refractivity contribution is -1.12.